The SMILES string of the molecule is COc1c(-c2ccc(CC3SC(=S)NC3=O)cc2)cccc1N1CCC(N)CC1. The number of benzene rings is 2. The van der Waals surface area contributed by atoms with E-state index in [0.717, 1.165) is 54.1 Å². The van der Waals surface area contributed by atoms with E-state index in [-0.39, 0.29) is 11.2 Å². The van der Waals surface area contributed by atoms with Gasteiger partial charge in [0.2, 0.25) is 5.91 Å². The second kappa shape index (κ2) is 8.73. The van der Waals surface area contributed by atoms with Crippen molar-refractivity contribution in [1.82, 2.24) is 5.32 Å². The molecular formula is C22H25N3O2S2. The van der Waals surface area contributed by atoms with Crippen molar-refractivity contribution in [1.29, 1.82) is 0 Å². The van der Waals surface area contributed by atoms with Gasteiger partial charge >= 0.3 is 0 Å². The summed E-state index contributed by atoms with van der Waals surface area (Å²) in [6.45, 7) is 1.89. The van der Waals surface area contributed by atoms with Gasteiger partial charge in [-0.3, -0.25) is 4.79 Å². The quantitative estimate of drug-likeness (QED) is 0.714. The van der Waals surface area contributed by atoms with Crippen LogP contribution in [0.4, 0.5) is 5.69 Å². The third-order valence-corrected chi connectivity index (χ3v) is 6.90. The molecule has 2 aromatic rings. The van der Waals surface area contributed by atoms with Crippen molar-refractivity contribution in [3.8, 4) is 16.9 Å². The number of nitrogens with two attached hydrogens (primary N) is 1. The summed E-state index contributed by atoms with van der Waals surface area (Å²) in [6.07, 6.45) is 2.67. The maximum Gasteiger partial charge on any atom is 0.239 e. The van der Waals surface area contributed by atoms with Crippen molar-refractivity contribution in [2.75, 3.05) is 25.1 Å². The molecule has 0 aliphatic carbocycles. The van der Waals surface area contributed by atoms with Crippen molar-refractivity contribution < 1.29 is 9.53 Å². The largest absolute Gasteiger partial charge is 0.494 e. The van der Waals surface area contributed by atoms with Crippen LogP contribution in [0.2, 0.25) is 0 Å². The zero-order chi connectivity index (χ0) is 20.4. The van der Waals surface area contributed by atoms with Crippen LogP contribution in [-0.4, -0.2) is 41.7 Å². The number of carbonyl (C=O) groups excluding carboxylic acids is 1. The van der Waals surface area contributed by atoms with Crippen LogP contribution < -0.4 is 20.7 Å². The Morgan fingerprint density at radius 3 is 2.55 bits per heavy atom. The molecule has 1 amide bonds. The van der Waals surface area contributed by atoms with Crippen LogP contribution in [0.5, 0.6) is 5.75 Å². The summed E-state index contributed by atoms with van der Waals surface area (Å²) < 4.78 is 6.40. The maximum absolute atomic E-state index is 11.9. The minimum atomic E-state index is -0.142. The fourth-order valence-corrected chi connectivity index (χ4v) is 5.23. The molecule has 152 valence electrons. The van der Waals surface area contributed by atoms with Crippen molar-refractivity contribution in [2.24, 2.45) is 5.73 Å². The number of piperidine rings is 1. The number of hydrogen-bond donors (Lipinski definition) is 2. The number of thioether (sulfide) groups is 1. The standard InChI is InChI=1S/C22H25N3O2S2/c1-27-20-17(3-2-4-18(20)25-11-9-16(23)10-12-25)15-7-5-14(6-8-15)13-19-21(26)24-22(28)29-19/h2-8,16,19H,9-13,23H2,1H3,(H,24,26,28). The van der Waals surface area contributed by atoms with E-state index in [2.05, 4.69) is 52.7 Å². The van der Waals surface area contributed by atoms with Gasteiger partial charge in [0, 0.05) is 24.7 Å². The van der Waals surface area contributed by atoms with E-state index in [0.29, 0.717) is 16.8 Å². The van der Waals surface area contributed by atoms with Gasteiger partial charge in [0.05, 0.1) is 18.0 Å². The molecule has 1 unspecified atom stereocenters. The summed E-state index contributed by atoms with van der Waals surface area (Å²) in [5, 5.41) is 2.56. The topological polar surface area (TPSA) is 67.6 Å². The zero-order valence-electron chi connectivity index (χ0n) is 16.4. The van der Waals surface area contributed by atoms with Gasteiger partial charge in [0.25, 0.3) is 0 Å². The van der Waals surface area contributed by atoms with Crippen molar-refractivity contribution in [3.63, 3.8) is 0 Å². The van der Waals surface area contributed by atoms with Crippen molar-refractivity contribution in [3.05, 3.63) is 48.0 Å². The van der Waals surface area contributed by atoms with E-state index in [1.165, 1.54) is 11.8 Å². The number of nitrogens with one attached hydrogen (secondary N) is 1. The van der Waals surface area contributed by atoms with Crippen LogP contribution in [0, 0.1) is 0 Å². The third-order valence-electron chi connectivity index (χ3n) is 5.53. The highest BCUT2D eigenvalue weighted by atomic mass is 32.2. The molecule has 5 nitrogen and oxygen atoms in total. The molecule has 2 fully saturated rings. The molecule has 0 saturated carbocycles. The second-order valence-electron chi connectivity index (χ2n) is 7.47. The molecule has 4 rings (SSSR count). The Morgan fingerprint density at radius 1 is 1.21 bits per heavy atom. The average Bonchev–Trinajstić information content (AvgIpc) is 3.05. The number of para-hydroxylation sites is 1. The lowest BCUT2D eigenvalue weighted by molar-refractivity contribution is -0.118. The van der Waals surface area contributed by atoms with Gasteiger partial charge in [0.15, 0.2) is 0 Å². The monoisotopic (exact) mass is 427 g/mol. The van der Waals surface area contributed by atoms with Gasteiger partial charge in [0.1, 0.15) is 10.1 Å². The number of methoxy groups -OCH3 is 1. The Hall–Kier alpha value is -2.09. The van der Waals surface area contributed by atoms with Crippen LogP contribution in [0.15, 0.2) is 42.5 Å². The highest BCUT2D eigenvalue weighted by molar-refractivity contribution is 8.24. The van der Waals surface area contributed by atoms with Gasteiger partial charge < -0.3 is 20.7 Å². The summed E-state index contributed by atoms with van der Waals surface area (Å²) in [5.74, 6) is 0.895. The van der Waals surface area contributed by atoms with Crippen LogP contribution in [0.1, 0.15) is 18.4 Å². The first kappa shape index (κ1) is 20.2. The number of amides is 1. The first-order chi connectivity index (χ1) is 14.0. The summed E-state index contributed by atoms with van der Waals surface area (Å²) in [6, 6.07) is 14.9. The lowest BCUT2D eigenvalue weighted by Crippen LogP contribution is -2.39. The molecule has 2 aliphatic heterocycles. The Morgan fingerprint density at radius 2 is 1.93 bits per heavy atom. The molecule has 0 spiro atoms. The Balaban J connectivity index is 1.55. The van der Waals surface area contributed by atoms with E-state index in [1.807, 2.05) is 0 Å². The van der Waals surface area contributed by atoms with E-state index in [9.17, 15) is 4.79 Å². The Bertz CT molecular complexity index is 909. The molecule has 2 aromatic carbocycles. The van der Waals surface area contributed by atoms with Crippen LogP contribution in [0.3, 0.4) is 0 Å². The van der Waals surface area contributed by atoms with Gasteiger partial charge in [-0.25, -0.2) is 0 Å². The average molecular weight is 428 g/mol. The Kier molecular flexibility index (Phi) is 6.08. The first-order valence-corrected chi connectivity index (χ1v) is 11.1. The zero-order valence-corrected chi connectivity index (χ0v) is 18.0. The number of nitrogens with zero attached hydrogens (tertiary/aromatic N) is 1. The molecule has 29 heavy (non-hydrogen) atoms. The summed E-state index contributed by atoms with van der Waals surface area (Å²) in [7, 11) is 1.73. The van der Waals surface area contributed by atoms with Crippen LogP contribution in [-0.2, 0) is 11.2 Å². The molecule has 0 bridgehead atoms. The number of thiocarbonyl (C=S) groups is 1. The molecule has 0 radical (unpaired) electrons. The van der Waals surface area contributed by atoms with Gasteiger partial charge in [-0.1, -0.05) is 60.4 Å². The Labute approximate surface area is 181 Å². The number of ether oxygens (including phenoxy) is 1. The van der Waals surface area contributed by atoms with E-state index in [1.54, 1.807) is 7.11 Å². The van der Waals surface area contributed by atoms with Crippen molar-refractivity contribution >= 4 is 39.9 Å². The van der Waals surface area contributed by atoms with Gasteiger partial charge in [-0.05, 0) is 36.5 Å². The molecule has 7 heteroatoms. The molecule has 1 atom stereocenters. The van der Waals surface area contributed by atoms with Crippen LogP contribution >= 0.6 is 24.0 Å². The fourth-order valence-electron chi connectivity index (χ4n) is 3.92. The van der Waals surface area contributed by atoms with Gasteiger partial charge in [-0.2, -0.15) is 0 Å². The van der Waals surface area contributed by atoms with E-state index >= 15 is 0 Å². The smallest absolute Gasteiger partial charge is 0.239 e. The molecule has 2 saturated heterocycles. The summed E-state index contributed by atoms with van der Waals surface area (Å²) in [5.41, 5.74) is 10.5. The lowest BCUT2D eigenvalue weighted by Gasteiger charge is -2.33. The van der Waals surface area contributed by atoms with E-state index in [4.69, 9.17) is 22.7 Å². The predicted octanol–water partition coefficient (Wildman–Crippen LogP) is 3.35. The third kappa shape index (κ3) is 4.42. The normalized spacial score (nSPS) is 20.1. The lowest BCUT2D eigenvalue weighted by atomic mass is 9.99. The number of carbonyl (C=O) groups is 1. The number of rotatable bonds is 5. The first-order valence-electron chi connectivity index (χ1n) is 9.83. The molecular weight excluding hydrogens is 402 g/mol. The highest BCUT2D eigenvalue weighted by Crippen LogP contribution is 2.39. The molecule has 3 N–H and O–H groups in total. The van der Waals surface area contributed by atoms with Crippen molar-refractivity contribution in [2.45, 2.75) is 30.6 Å². The minimum Gasteiger partial charge on any atom is -0.494 e. The predicted molar refractivity (Wildman–Crippen MR) is 124 cm³/mol. The minimum absolute atomic E-state index is 0.000281. The summed E-state index contributed by atoms with van der Waals surface area (Å²) in [4.78, 5) is 14.3. The number of anilines is 1. The molecule has 0 aromatic heterocycles. The number of hydrogen-bond acceptors (Lipinski definition) is 6. The molecule has 2 aliphatic rings. The molecule has 2 heterocycles. The van der Waals surface area contributed by atoms with E-state index < -0.39 is 0 Å². The maximum atomic E-state index is 11.9. The highest BCUT2D eigenvalue weighted by Gasteiger charge is 2.29. The fraction of sp³-hybridized carbons (Fsp3) is 0.364. The van der Waals surface area contributed by atoms with Crippen LogP contribution in [0.25, 0.3) is 11.1 Å². The second-order valence-corrected chi connectivity index (χ2v) is 9.35. The summed E-state index contributed by atoms with van der Waals surface area (Å²) >= 11 is 6.51. The van der Waals surface area contributed by atoms with Gasteiger partial charge in [-0.15, -0.1) is 0 Å².